The monoisotopic (exact) mass is 319 g/mol. The molecule has 0 aromatic heterocycles. The quantitative estimate of drug-likeness (QED) is 0.870. The maximum atomic E-state index is 12.2. The number of hydrogen-bond donors (Lipinski definition) is 1. The number of benzene rings is 2. The number of nitrogens with one attached hydrogen (secondary N) is 1. The van der Waals surface area contributed by atoms with E-state index < -0.39 is 6.10 Å². The predicted octanol–water partition coefficient (Wildman–Crippen LogP) is 4.14. The summed E-state index contributed by atoms with van der Waals surface area (Å²) in [5.41, 5.74) is 0.621. The second kappa shape index (κ2) is 7.71. The fourth-order valence-electron chi connectivity index (χ4n) is 1.88. The second-order valence-corrected chi connectivity index (χ2v) is 5.07. The van der Waals surface area contributed by atoms with Crippen LogP contribution in [-0.2, 0) is 4.79 Å². The molecule has 2 aromatic rings. The number of carbonyl (C=O) groups excluding carboxylic acids is 1. The lowest BCUT2D eigenvalue weighted by Gasteiger charge is -2.16. The van der Waals surface area contributed by atoms with Gasteiger partial charge in [-0.3, -0.25) is 4.79 Å². The van der Waals surface area contributed by atoms with E-state index in [4.69, 9.17) is 21.1 Å². The van der Waals surface area contributed by atoms with Crippen molar-refractivity contribution in [1.29, 1.82) is 0 Å². The van der Waals surface area contributed by atoms with Crippen molar-refractivity contribution in [3.63, 3.8) is 0 Å². The highest BCUT2D eigenvalue weighted by molar-refractivity contribution is 6.30. The Balaban J connectivity index is 2.02. The third kappa shape index (κ3) is 4.40. The molecule has 5 heteroatoms. The van der Waals surface area contributed by atoms with Crippen molar-refractivity contribution in [3.8, 4) is 11.5 Å². The third-order valence-electron chi connectivity index (χ3n) is 2.92. The molecule has 4 nitrogen and oxygen atoms in total. The molecule has 2 aromatic carbocycles. The molecule has 1 atom stereocenters. The van der Waals surface area contributed by atoms with Crippen LogP contribution in [0.4, 0.5) is 5.69 Å². The molecule has 0 saturated heterocycles. The van der Waals surface area contributed by atoms with Gasteiger partial charge in [0.1, 0.15) is 11.5 Å². The van der Waals surface area contributed by atoms with Crippen LogP contribution in [0, 0.1) is 0 Å². The van der Waals surface area contributed by atoms with E-state index in [1.807, 2.05) is 25.1 Å². The zero-order chi connectivity index (χ0) is 15.9. The average molecular weight is 320 g/mol. The van der Waals surface area contributed by atoms with Gasteiger partial charge in [0.2, 0.25) is 0 Å². The topological polar surface area (TPSA) is 47.6 Å². The fraction of sp³-hybridized carbons (Fsp3) is 0.235. The van der Waals surface area contributed by atoms with Crippen molar-refractivity contribution in [2.75, 3.05) is 11.9 Å². The number of amides is 1. The maximum Gasteiger partial charge on any atom is 0.265 e. The minimum atomic E-state index is -0.659. The molecule has 0 radical (unpaired) electrons. The molecular formula is C17H18ClNO3. The molecule has 1 unspecified atom stereocenters. The summed E-state index contributed by atoms with van der Waals surface area (Å²) in [7, 11) is 0. The van der Waals surface area contributed by atoms with E-state index in [2.05, 4.69) is 5.32 Å². The smallest absolute Gasteiger partial charge is 0.265 e. The minimum absolute atomic E-state index is 0.257. The third-order valence-corrected chi connectivity index (χ3v) is 3.16. The molecule has 22 heavy (non-hydrogen) atoms. The number of anilines is 1. The van der Waals surface area contributed by atoms with Gasteiger partial charge in [-0.15, -0.1) is 0 Å². The van der Waals surface area contributed by atoms with Gasteiger partial charge < -0.3 is 14.8 Å². The number of rotatable bonds is 6. The lowest BCUT2D eigenvalue weighted by atomic mass is 10.2. The Labute approximate surface area is 135 Å². The lowest BCUT2D eigenvalue weighted by Crippen LogP contribution is -2.30. The van der Waals surface area contributed by atoms with Crippen LogP contribution in [-0.4, -0.2) is 18.6 Å². The van der Waals surface area contributed by atoms with Gasteiger partial charge in [-0.2, -0.15) is 0 Å². The first-order valence-electron chi connectivity index (χ1n) is 7.05. The van der Waals surface area contributed by atoms with Crippen LogP contribution in [0.1, 0.15) is 13.8 Å². The summed E-state index contributed by atoms with van der Waals surface area (Å²) in [5.74, 6) is 0.925. The van der Waals surface area contributed by atoms with Gasteiger partial charge in [-0.05, 0) is 44.2 Å². The normalized spacial score (nSPS) is 11.6. The van der Waals surface area contributed by atoms with Crippen LogP contribution in [0.2, 0.25) is 5.02 Å². The van der Waals surface area contributed by atoms with Gasteiger partial charge >= 0.3 is 0 Å². The highest BCUT2D eigenvalue weighted by atomic mass is 35.5. The van der Waals surface area contributed by atoms with Gasteiger partial charge in [0.15, 0.2) is 6.10 Å². The number of halogens is 1. The fourth-order valence-corrected chi connectivity index (χ4v) is 2.06. The van der Waals surface area contributed by atoms with Crippen molar-refractivity contribution in [2.45, 2.75) is 20.0 Å². The van der Waals surface area contributed by atoms with Gasteiger partial charge in [-0.25, -0.2) is 0 Å². The van der Waals surface area contributed by atoms with Crippen molar-refractivity contribution >= 4 is 23.2 Å². The van der Waals surface area contributed by atoms with Crippen LogP contribution >= 0.6 is 11.6 Å². The Kier molecular flexibility index (Phi) is 5.67. The van der Waals surface area contributed by atoms with Crippen molar-refractivity contribution in [2.24, 2.45) is 0 Å². The summed E-state index contributed by atoms with van der Waals surface area (Å²) < 4.78 is 11.1. The summed E-state index contributed by atoms with van der Waals surface area (Å²) >= 11 is 5.90. The zero-order valence-corrected chi connectivity index (χ0v) is 13.3. The van der Waals surface area contributed by atoms with E-state index in [-0.39, 0.29) is 5.91 Å². The lowest BCUT2D eigenvalue weighted by molar-refractivity contribution is -0.122. The van der Waals surface area contributed by atoms with Crippen LogP contribution in [0.5, 0.6) is 11.5 Å². The number of ether oxygens (including phenoxy) is 2. The van der Waals surface area contributed by atoms with Crippen LogP contribution in [0.3, 0.4) is 0 Å². The molecule has 1 N–H and O–H groups in total. The molecule has 116 valence electrons. The summed E-state index contributed by atoms with van der Waals surface area (Å²) in [6.07, 6.45) is -0.659. The number of carbonyl (C=O) groups is 1. The molecule has 0 aliphatic heterocycles. The number of para-hydroxylation sites is 2. The molecule has 0 bridgehead atoms. The number of hydrogen-bond acceptors (Lipinski definition) is 3. The first kappa shape index (κ1) is 16.2. The summed E-state index contributed by atoms with van der Waals surface area (Å²) in [5, 5.41) is 3.37. The Morgan fingerprint density at radius 2 is 2.00 bits per heavy atom. The molecule has 0 aliphatic carbocycles. The van der Waals surface area contributed by atoms with Gasteiger partial charge in [0.05, 0.1) is 12.3 Å². The van der Waals surface area contributed by atoms with E-state index in [0.717, 1.165) is 0 Å². The molecule has 0 aliphatic rings. The molecule has 0 saturated carbocycles. The maximum absolute atomic E-state index is 12.2. The highest BCUT2D eigenvalue weighted by Gasteiger charge is 2.16. The molecule has 1 amide bonds. The second-order valence-electron chi connectivity index (χ2n) is 4.64. The SMILES string of the molecule is CCOc1ccccc1NC(=O)C(C)Oc1cccc(Cl)c1. The first-order chi connectivity index (χ1) is 10.6. The van der Waals surface area contributed by atoms with Crippen LogP contribution in [0.25, 0.3) is 0 Å². The van der Waals surface area contributed by atoms with Crippen molar-refractivity contribution < 1.29 is 14.3 Å². The van der Waals surface area contributed by atoms with Gasteiger partial charge in [-0.1, -0.05) is 29.8 Å². The standard InChI is InChI=1S/C17H18ClNO3/c1-3-21-16-10-5-4-9-15(16)19-17(20)12(2)22-14-8-6-7-13(18)11-14/h4-12H,3H2,1-2H3,(H,19,20). The van der Waals surface area contributed by atoms with E-state index >= 15 is 0 Å². The van der Waals surface area contributed by atoms with E-state index in [1.54, 1.807) is 37.3 Å². The molecule has 0 fully saturated rings. The summed E-state index contributed by atoms with van der Waals surface area (Å²) in [6.45, 7) is 4.10. The van der Waals surface area contributed by atoms with Gasteiger partial charge in [0, 0.05) is 5.02 Å². The molecule has 0 heterocycles. The Morgan fingerprint density at radius 1 is 1.23 bits per heavy atom. The van der Waals surface area contributed by atoms with E-state index in [0.29, 0.717) is 28.8 Å². The van der Waals surface area contributed by atoms with Crippen LogP contribution < -0.4 is 14.8 Å². The minimum Gasteiger partial charge on any atom is -0.492 e. The van der Waals surface area contributed by atoms with Crippen molar-refractivity contribution in [3.05, 3.63) is 53.6 Å². The Hall–Kier alpha value is -2.20. The summed E-state index contributed by atoms with van der Waals surface area (Å²) in [6, 6.07) is 14.2. The van der Waals surface area contributed by atoms with Crippen molar-refractivity contribution in [1.82, 2.24) is 0 Å². The molecular weight excluding hydrogens is 302 g/mol. The van der Waals surface area contributed by atoms with Crippen LogP contribution in [0.15, 0.2) is 48.5 Å². The average Bonchev–Trinajstić information content (AvgIpc) is 2.49. The molecule has 0 spiro atoms. The van der Waals surface area contributed by atoms with Gasteiger partial charge in [0.25, 0.3) is 5.91 Å². The predicted molar refractivity (Wildman–Crippen MR) is 87.8 cm³/mol. The largest absolute Gasteiger partial charge is 0.492 e. The Bertz CT molecular complexity index is 645. The Morgan fingerprint density at radius 3 is 2.73 bits per heavy atom. The summed E-state index contributed by atoms with van der Waals surface area (Å²) in [4.78, 5) is 12.2. The highest BCUT2D eigenvalue weighted by Crippen LogP contribution is 2.24. The molecule has 2 rings (SSSR count). The first-order valence-corrected chi connectivity index (χ1v) is 7.43. The van der Waals surface area contributed by atoms with E-state index in [1.165, 1.54) is 0 Å². The van der Waals surface area contributed by atoms with E-state index in [9.17, 15) is 4.79 Å². The zero-order valence-electron chi connectivity index (χ0n) is 12.5.